The number of hydrogen-bond acceptors (Lipinski definition) is 4. The summed E-state index contributed by atoms with van der Waals surface area (Å²) in [5, 5.41) is 2.74. The highest BCUT2D eigenvalue weighted by atomic mass is 35.5. The fraction of sp³-hybridized carbons (Fsp3) is 0.154. The Balaban J connectivity index is 2.23. The number of nitrogens with one attached hydrogen (secondary N) is 1. The Morgan fingerprint density at radius 2 is 2.05 bits per heavy atom. The van der Waals surface area contributed by atoms with Crippen molar-refractivity contribution in [1.82, 2.24) is 9.97 Å². The van der Waals surface area contributed by atoms with Crippen LogP contribution in [0.4, 0.5) is 5.82 Å². The molecule has 2 aromatic rings. The molecule has 1 heterocycles. The maximum atomic E-state index is 12.1. The first-order chi connectivity index (χ1) is 9.22. The monoisotopic (exact) mass is 277 g/mol. The van der Waals surface area contributed by atoms with E-state index in [2.05, 4.69) is 15.3 Å². The van der Waals surface area contributed by atoms with E-state index in [1.807, 2.05) is 6.92 Å². The number of aromatic nitrogens is 2. The van der Waals surface area contributed by atoms with E-state index >= 15 is 0 Å². The summed E-state index contributed by atoms with van der Waals surface area (Å²) < 4.78 is 5.40. The van der Waals surface area contributed by atoms with Crippen molar-refractivity contribution in [3.05, 3.63) is 47.4 Å². The Morgan fingerprint density at radius 3 is 2.79 bits per heavy atom. The van der Waals surface area contributed by atoms with E-state index in [0.29, 0.717) is 17.9 Å². The largest absolute Gasteiger partial charge is 0.493 e. The maximum Gasteiger partial charge on any atom is 0.260 e. The third kappa shape index (κ3) is 3.20. The first-order valence-corrected chi connectivity index (χ1v) is 6.10. The maximum absolute atomic E-state index is 12.1. The van der Waals surface area contributed by atoms with Crippen molar-refractivity contribution in [2.75, 3.05) is 11.9 Å². The fourth-order valence-corrected chi connectivity index (χ4v) is 1.67. The van der Waals surface area contributed by atoms with Gasteiger partial charge in [0.25, 0.3) is 5.91 Å². The van der Waals surface area contributed by atoms with Gasteiger partial charge in [0.15, 0.2) is 11.0 Å². The minimum absolute atomic E-state index is 0.143. The molecule has 1 amide bonds. The lowest BCUT2D eigenvalue weighted by Gasteiger charge is -2.10. The van der Waals surface area contributed by atoms with E-state index in [1.54, 1.807) is 24.3 Å². The van der Waals surface area contributed by atoms with Gasteiger partial charge in [0, 0.05) is 12.4 Å². The van der Waals surface area contributed by atoms with Crippen LogP contribution in [-0.4, -0.2) is 22.5 Å². The van der Waals surface area contributed by atoms with Crippen molar-refractivity contribution in [1.29, 1.82) is 0 Å². The van der Waals surface area contributed by atoms with Crippen molar-refractivity contribution < 1.29 is 9.53 Å². The second kappa shape index (κ2) is 6.15. The van der Waals surface area contributed by atoms with E-state index < -0.39 is 0 Å². The second-order valence-electron chi connectivity index (χ2n) is 3.58. The predicted octanol–water partition coefficient (Wildman–Crippen LogP) is 2.78. The summed E-state index contributed by atoms with van der Waals surface area (Å²) in [7, 11) is 0. The molecule has 1 N–H and O–H groups in total. The SMILES string of the molecule is CCOc1ccccc1C(=O)Nc1nccnc1Cl. The molecule has 1 aromatic carbocycles. The van der Waals surface area contributed by atoms with Gasteiger partial charge in [-0.2, -0.15) is 0 Å². The summed E-state index contributed by atoms with van der Waals surface area (Å²) in [6.07, 6.45) is 2.90. The lowest BCUT2D eigenvalue weighted by Crippen LogP contribution is -2.15. The van der Waals surface area contributed by atoms with Crippen LogP contribution < -0.4 is 10.1 Å². The summed E-state index contributed by atoms with van der Waals surface area (Å²) >= 11 is 5.84. The highest BCUT2D eigenvalue weighted by Crippen LogP contribution is 2.21. The third-order valence-electron chi connectivity index (χ3n) is 2.32. The van der Waals surface area contributed by atoms with E-state index in [-0.39, 0.29) is 16.9 Å². The van der Waals surface area contributed by atoms with Gasteiger partial charge in [-0.25, -0.2) is 9.97 Å². The molecule has 0 fully saturated rings. The van der Waals surface area contributed by atoms with E-state index in [9.17, 15) is 4.79 Å². The molecule has 0 aliphatic rings. The number of hydrogen-bond donors (Lipinski definition) is 1. The summed E-state index contributed by atoms with van der Waals surface area (Å²) in [5.74, 6) is 0.398. The molecule has 0 bridgehead atoms. The van der Waals surface area contributed by atoms with Crippen molar-refractivity contribution in [3.8, 4) is 5.75 Å². The number of carbonyl (C=O) groups is 1. The normalized spacial score (nSPS) is 10.0. The molecule has 0 unspecified atom stereocenters. The topological polar surface area (TPSA) is 64.1 Å². The zero-order valence-corrected chi connectivity index (χ0v) is 11.0. The highest BCUT2D eigenvalue weighted by Gasteiger charge is 2.14. The lowest BCUT2D eigenvalue weighted by molar-refractivity contribution is 0.102. The molecule has 0 atom stereocenters. The van der Waals surface area contributed by atoms with Crippen molar-refractivity contribution in [2.45, 2.75) is 6.92 Å². The van der Waals surface area contributed by atoms with Crippen molar-refractivity contribution in [3.63, 3.8) is 0 Å². The van der Waals surface area contributed by atoms with Gasteiger partial charge in [-0.3, -0.25) is 4.79 Å². The minimum Gasteiger partial charge on any atom is -0.493 e. The first-order valence-electron chi connectivity index (χ1n) is 5.72. The zero-order valence-electron chi connectivity index (χ0n) is 10.3. The molecular weight excluding hydrogens is 266 g/mol. The number of anilines is 1. The lowest BCUT2D eigenvalue weighted by atomic mass is 10.2. The van der Waals surface area contributed by atoms with E-state index in [4.69, 9.17) is 16.3 Å². The Labute approximate surface area is 115 Å². The Kier molecular flexibility index (Phi) is 4.30. The summed E-state index contributed by atoms with van der Waals surface area (Å²) in [5.41, 5.74) is 0.422. The number of carbonyl (C=O) groups excluding carboxylic acids is 1. The molecule has 98 valence electrons. The van der Waals surface area contributed by atoms with Crippen molar-refractivity contribution >= 4 is 23.3 Å². The molecule has 2 rings (SSSR count). The number of amides is 1. The number of nitrogens with zero attached hydrogens (tertiary/aromatic N) is 2. The van der Waals surface area contributed by atoms with Gasteiger partial charge in [-0.05, 0) is 19.1 Å². The number of ether oxygens (including phenoxy) is 1. The van der Waals surface area contributed by atoms with E-state index in [1.165, 1.54) is 12.4 Å². The van der Waals surface area contributed by atoms with Crippen LogP contribution in [0, 0.1) is 0 Å². The quantitative estimate of drug-likeness (QED) is 0.933. The van der Waals surface area contributed by atoms with E-state index in [0.717, 1.165) is 0 Å². The standard InChI is InChI=1S/C13H12ClN3O2/c1-2-19-10-6-4-3-5-9(10)13(18)17-12-11(14)15-7-8-16-12/h3-8H,2H2,1H3,(H,16,17,18). The number of halogens is 1. The Morgan fingerprint density at radius 1 is 1.32 bits per heavy atom. The summed E-state index contributed by atoms with van der Waals surface area (Å²) in [4.78, 5) is 19.9. The van der Waals surface area contributed by atoms with Gasteiger partial charge in [0.2, 0.25) is 0 Å². The second-order valence-corrected chi connectivity index (χ2v) is 3.94. The number of benzene rings is 1. The molecule has 19 heavy (non-hydrogen) atoms. The minimum atomic E-state index is -0.341. The smallest absolute Gasteiger partial charge is 0.260 e. The molecule has 0 spiro atoms. The summed E-state index contributed by atoms with van der Waals surface area (Å²) in [6.45, 7) is 2.34. The average molecular weight is 278 g/mol. The number of rotatable bonds is 4. The molecule has 0 saturated carbocycles. The van der Waals surface area contributed by atoms with Gasteiger partial charge in [0.05, 0.1) is 12.2 Å². The van der Waals surface area contributed by atoms with Gasteiger partial charge in [0.1, 0.15) is 5.75 Å². The highest BCUT2D eigenvalue weighted by molar-refractivity contribution is 6.32. The average Bonchev–Trinajstić information content (AvgIpc) is 2.42. The van der Waals surface area contributed by atoms with Crippen LogP contribution in [0.5, 0.6) is 5.75 Å². The van der Waals surface area contributed by atoms with Gasteiger partial charge < -0.3 is 10.1 Å². The summed E-state index contributed by atoms with van der Waals surface area (Å²) in [6, 6.07) is 6.97. The first kappa shape index (κ1) is 13.3. The van der Waals surface area contributed by atoms with Gasteiger partial charge in [-0.15, -0.1) is 0 Å². The predicted molar refractivity (Wildman–Crippen MR) is 72.6 cm³/mol. The van der Waals surface area contributed by atoms with Crippen LogP contribution in [0.1, 0.15) is 17.3 Å². The van der Waals surface area contributed by atoms with Crippen LogP contribution in [0.3, 0.4) is 0 Å². The van der Waals surface area contributed by atoms with Crippen LogP contribution in [-0.2, 0) is 0 Å². The van der Waals surface area contributed by atoms with Crippen molar-refractivity contribution in [2.24, 2.45) is 0 Å². The van der Waals surface area contributed by atoms with Gasteiger partial charge >= 0.3 is 0 Å². The Bertz CT molecular complexity index is 590. The molecule has 0 saturated heterocycles. The molecule has 1 aromatic heterocycles. The molecular formula is C13H12ClN3O2. The van der Waals surface area contributed by atoms with Gasteiger partial charge in [-0.1, -0.05) is 23.7 Å². The fourth-order valence-electron chi connectivity index (χ4n) is 1.52. The van der Waals surface area contributed by atoms with Crippen LogP contribution >= 0.6 is 11.6 Å². The van der Waals surface area contributed by atoms with Crippen LogP contribution in [0.2, 0.25) is 5.15 Å². The molecule has 5 nitrogen and oxygen atoms in total. The van der Waals surface area contributed by atoms with Crippen LogP contribution in [0.15, 0.2) is 36.7 Å². The molecule has 0 aliphatic heterocycles. The molecule has 0 radical (unpaired) electrons. The van der Waals surface area contributed by atoms with Crippen LogP contribution in [0.25, 0.3) is 0 Å². The number of para-hydroxylation sites is 1. The zero-order chi connectivity index (χ0) is 13.7. The Hall–Kier alpha value is -2.14. The molecule has 6 heteroatoms. The molecule has 0 aliphatic carbocycles. The third-order valence-corrected chi connectivity index (χ3v) is 2.59.